The van der Waals surface area contributed by atoms with Crippen molar-refractivity contribution >= 4 is 52.8 Å². The zero-order valence-electron chi connectivity index (χ0n) is 28.0. The minimum Gasteiger partial charge on any atom is -0.497 e. The highest BCUT2D eigenvalue weighted by Gasteiger charge is 2.45. The molecular formula is C35H33ClF3N7O7. The Morgan fingerprint density at radius 1 is 0.925 bits per heavy atom. The molecule has 1 saturated carbocycles. The summed E-state index contributed by atoms with van der Waals surface area (Å²) in [5.41, 5.74) is 1.41. The van der Waals surface area contributed by atoms with Crippen LogP contribution in [0.5, 0.6) is 11.8 Å². The Bertz CT molecular complexity index is 1940. The van der Waals surface area contributed by atoms with E-state index in [1.807, 2.05) is 12.1 Å². The number of methoxy groups -OCH3 is 1. The number of carbonyl (C=O) groups excluding carboxylic acids is 3. The van der Waals surface area contributed by atoms with Gasteiger partial charge in [0.25, 0.3) is 11.8 Å². The Balaban J connectivity index is 1.19. The van der Waals surface area contributed by atoms with Gasteiger partial charge in [-0.25, -0.2) is 4.79 Å². The summed E-state index contributed by atoms with van der Waals surface area (Å²) in [5, 5.41) is 21.0. The molecule has 53 heavy (non-hydrogen) atoms. The number of alkyl halides is 3. The lowest BCUT2D eigenvalue weighted by Crippen LogP contribution is -2.41. The summed E-state index contributed by atoms with van der Waals surface area (Å²) < 4.78 is 48.7. The van der Waals surface area contributed by atoms with Gasteiger partial charge in [0.2, 0.25) is 17.7 Å². The van der Waals surface area contributed by atoms with Gasteiger partial charge in [0.05, 0.1) is 12.6 Å². The molecule has 18 heteroatoms. The van der Waals surface area contributed by atoms with E-state index in [0.717, 1.165) is 11.1 Å². The molecule has 14 nitrogen and oxygen atoms in total. The van der Waals surface area contributed by atoms with Gasteiger partial charge in [-0.05, 0) is 78.9 Å². The number of aromatic nitrogens is 3. The van der Waals surface area contributed by atoms with E-state index in [-0.39, 0.29) is 30.4 Å². The number of carboxylic acid groups (broad SMARTS) is 1. The third kappa shape index (κ3) is 11.0. The molecule has 0 spiro atoms. The van der Waals surface area contributed by atoms with Gasteiger partial charge in [-0.3, -0.25) is 14.4 Å². The smallest absolute Gasteiger partial charge is 0.422 e. The van der Waals surface area contributed by atoms with Crippen LogP contribution >= 0.6 is 11.6 Å². The second kappa shape index (κ2) is 16.6. The number of benzene rings is 3. The fourth-order valence-corrected chi connectivity index (χ4v) is 5.15. The standard InChI is InChI=1S/C35H33ClF3N7O7/c1-52-25-12-2-20(3-13-25)18-40-29(49)27(47)15-14-26(30(50)51)42-28(48)21-4-10-24(11-5-21)41-31-43-32(45-33(44-31)53-19-35(37,38)39)46-34(16-17-34)22-6-8-23(36)9-7-22/h2-13,26H,14-19H2,1H3,(H,40,49)(H,42,48)(H,50,51)(H2,41,43,44,45,46)/t26-/m0/s1. The number of nitrogens with zero attached hydrogens (tertiary/aromatic N) is 3. The lowest BCUT2D eigenvalue weighted by Gasteiger charge is -2.19. The molecule has 1 aliphatic rings. The van der Waals surface area contributed by atoms with Crippen LogP contribution in [0, 0.1) is 0 Å². The van der Waals surface area contributed by atoms with Crippen LogP contribution in [0.15, 0.2) is 72.8 Å². The van der Waals surface area contributed by atoms with E-state index in [1.54, 1.807) is 36.4 Å². The van der Waals surface area contributed by atoms with Crippen LogP contribution in [-0.2, 0) is 26.5 Å². The molecule has 5 rings (SSSR count). The van der Waals surface area contributed by atoms with Gasteiger partial charge in [-0.2, -0.15) is 28.1 Å². The highest BCUT2D eigenvalue weighted by atomic mass is 35.5. The van der Waals surface area contributed by atoms with E-state index in [9.17, 15) is 37.5 Å². The molecule has 2 amide bonds. The van der Waals surface area contributed by atoms with Crippen LogP contribution in [0.2, 0.25) is 5.02 Å². The van der Waals surface area contributed by atoms with Crippen LogP contribution in [-0.4, -0.2) is 69.6 Å². The normalized spacial score (nSPS) is 13.6. The van der Waals surface area contributed by atoms with Crippen molar-refractivity contribution in [2.45, 2.75) is 50.0 Å². The van der Waals surface area contributed by atoms with Crippen LogP contribution < -0.4 is 30.7 Å². The average Bonchev–Trinajstić information content (AvgIpc) is 3.91. The van der Waals surface area contributed by atoms with Gasteiger partial charge in [-0.1, -0.05) is 35.9 Å². The zero-order chi connectivity index (χ0) is 38.2. The third-order valence-corrected chi connectivity index (χ3v) is 8.26. The van der Waals surface area contributed by atoms with Crippen molar-refractivity contribution in [3.63, 3.8) is 0 Å². The number of carboxylic acids is 1. The number of rotatable bonds is 17. The molecule has 1 aliphatic carbocycles. The zero-order valence-corrected chi connectivity index (χ0v) is 28.8. The monoisotopic (exact) mass is 755 g/mol. The molecule has 3 aromatic carbocycles. The Morgan fingerprint density at radius 2 is 1.58 bits per heavy atom. The molecule has 1 fully saturated rings. The first-order valence-corrected chi connectivity index (χ1v) is 16.4. The van der Waals surface area contributed by atoms with Crippen LogP contribution in [0.25, 0.3) is 0 Å². The van der Waals surface area contributed by atoms with Crippen molar-refractivity contribution in [2.75, 3.05) is 24.4 Å². The highest BCUT2D eigenvalue weighted by molar-refractivity contribution is 6.36. The molecular weight excluding hydrogens is 723 g/mol. The number of ether oxygens (including phenoxy) is 2. The van der Waals surface area contributed by atoms with Gasteiger partial charge >= 0.3 is 18.2 Å². The fourth-order valence-electron chi connectivity index (χ4n) is 5.02. The minimum atomic E-state index is -4.65. The lowest BCUT2D eigenvalue weighted by molar-refractivity contribution is -0.154. The van der Waals surface area contributed by atoms with Crippen molar-refractivity contribution in [1.82, 2.24) is 25.6 Å². The first kappa shape index (κ1) is 38.3. The third-order valence-electron chi connectivity index (χ3n) is 8.01. The van der Waals surface area contributed by atoms with Crippen LogP contribution in [0.1, 0.15) is 47.2 Å². The molecule has 1 aromatic heterocycles. The molecule has 0 radical (unpaired) electrons. The Hall–Kier alpha value is -5.97. The van der Waals surface area contributed by atoms with Crippen molar-refractivity contribution in [3.05, 3.63) is 94.5 Å². The lowest BCUT2D eigenvalue weighted by atomic mass is 10.1. The number of carbonyl (C=O) groups is 4. The summed E-state index contributed by atoms with van der Waals surface area (Å²) >= 11 is 6.02. The second-order valence-corrected chi connectivity index (χ2v) is 12.4. The maximum absolute atomic E-state index is 12.9. The van der Waals surface area contributed by atoms with Crippen LogP contribution in [0.3, 0.4) is 0 Å². The molecule has 1 heterocycles. The largest absolute Gasteiger partial charge is 0.497 e. The van der Waals surface area contributed by atoms with Gasteiger partial charge in [0.1, 0.15) is 11.8 Å². The molecule has 1 atom stereocenters. The number of Topliss-reactive ketones (excluding diaryl/α,β-unsaturated/α-hetero) is 1. The maximum Gasteiger partial charge on any atom is 0.422 e. The first-order chi connectivity index (χ1) is 25.2. The first-order valence-electron chi connectivity index (χ1n) is 16.1. The van der Waals surface area contributed by atoms with Gasteiger partial charge in [-0.15, -0.1) is 0 Å². The molecule has 0 aliphatic heterocycles. The average molecular weight is 756 g/mol. The van der Waals surface area contributed by atoms with Gasteiger partial charge in [0.15, 0.2) is 6.61 Å². The Kier molecular flexibility index (Phi) is 12.0. The minimum absolute atomic E-state index is 0.0453. The number of ketones is 1. The Morgan fingerprint density at radius 3 is 2.19 bits per heavy atom. The number of anilines is 3. The Labute approximate surface area is 305 Å². The van der Waals surface area contributed by atoms with E-state index >= 15 is 0 Å². The van der Waals surface area contributed by atoms with E-state index in [0.29, 0.717) is 29.3 Å². The SMILES string of the molecule is COc1ccc(CNC(=O)C(=O)CC[C@H](NC(=O)c2ccc(Nc3nc(NC4(c5ccc(Cl)cc5)CC4)nc(OCC(F)(F)F)n3)cc2)C(=O)O)cc1. The molecule has 0 saturated heterocycles. The van der Waals surface area contributed by atoms with Gasteiger partial charge in [0, 0.05) is 29.2 Å². The van der Waals surface area contributed by atoms with Gasteiger partial charge < -0.3 is 35.8 Å². The van der Waals surface area contributed by atoms with Crippen LogP contribution in [0.4, 0.5) is 30.8 Å². The molecule has 5 N–H and O–H groups in total. The molecule has 278 valence electrons. The second-order valence-electron chi connectivity index (χ2n) is 11.9. The fraction of sp³-hybridized carbons (Fsp3) is 0.286. The summed E-state index contributed by atoms with van der Waals surface area (Å²) in [5.74, 6) is -3.51. The maximum atomic E-state index is 12.9. The van der Waals surface area contributed by atoms with Crippen molar-refractivity contribution in [3.8, 4) is 11.8 Å². The highest BCUT2D eigenvalue weighted by Crippen LogP contribution is 2.48. The number of hydrogen-bond acceptors (Lipinski definition) is 11. The summed E-state index contributed by atoms with van der Waals surface area (Å²) in [6, 6.07) is 17.4. The number of nitrogens with one attached hydrogen (secondary N) is 4. The molecule has 0 bridgehead atoms. The quantitative estimate of drug-likeness (QED) is 0.0890. The summed E-state index contributed by atoms with van der Waals surface area (Å²) in [4.78, 5) is 61.7. The van der Waals surface area contributed by atoms with Crippen molar-refractivity contribution in [2.24, 2.45) is 0 Å². The van der Waals surface area contributed by atoms with E-state index < -0.39 is 60.4 Å². The summed E-state index contributed by atoms with van der Waals surface area (Å²) in [7, 11) is 1.51. The predicted molar refractivity (Wildman–Crippen MR) is 185 cm³/mol. The topological polar surface area (TPSA) is 194 Å². The summed E-state index contributed by atoms with van der Waals surface area (Å²) in [6.45, 7) is -1.56. The van der Waals surface area contributed by atoms with Crippen molar-refractivity contribution < 1.29 is 46.9 Å². The number of hydrogen-bond donors (Lipinski definition) is 5. The molecule has 4 aromatic rings. The van der Waals surface area contributed by atoms with E-state index in [1.165, 1.54) is 31.4 Å². The number of amides is 2. The number of halogens is 4. The predicted octanol–water partition coefficient (Wildman–Crippen LogP) is 5.17. The summed E-state index contributed by atoms with van der Waals surface area (Å²) in [6.07, 6.45) is -4.03. The van der Waals surface area contributed by atoms with E-state index in [4.69, 9.17) is 21.1 Å². The van der Waals surface area contributed by atoms with E-state index in [2.05, 4.69) is 36.2 Å². The molecule has 0 unspecified atom stereocenters. The van der Waals surface area contributed by atoms with Crippen molar-refractivity contribution in [1.29, 1.82) is 0 Å². The number of aliphatic carboxylic acids is 1.